The second-order valence-corrected chi connectivity index (χ2v) is 4.68. The smallest absolute Gasteiger partial charge is 0.179 e. The normalized spacial score (nSPS) is 10.8. The van der Waals surface area contributed by atoms with Crippen LogP contribution in [0.4, 0.5) is 0 Å². The number of para-hydroxylation sites is 1. The number of nitrogens with zero attached hydrogens (tertiary/aromatic N) is 2. The van der Waals surface area contributed by atoms with Crippen LogP contribution < -0.4 is 4.74 Å². The van der Waals surface area contributed by atoms with Crippen molar-refractivity contribution in [2.24, 2.45) is 0 Å². The second kappa shape index (κ2) is 5.07. The molecule has 1 N–H and O–H groups in total. The topological polar surface area (TPSA) is 50.8 Å². The number of fused-ring (bicyclic) bond motifs is 1. The van der Waals surface area contributed by atoms with E-state index in [2.05, 4.69) is 15.0 Å². The lowest BCUT2D eigenvalue weighted by Gasteiger charge is -2.02. The van der Waals surface area contributed by atoms with E-state index in [1.54, 1.807) is 6.07 Å². The van der Waals surface area contributed by atoms with E-state index in [0.29, 0.717) is 23.1 Å². The Labute approximate surface area is 119 Å². The van der Waals surface area contributed by atoms with Crippen LogP contribution >= 0.6 is 23.2 Å². The van der Waals surface area contributed by atoms with Gasteiger partial charge >= 0.3 is 0 Å². The number of rotatable bonds is 3. The summed E-state index contributed by atoms with van der Waals surface area (Å²) >= 11 is 11.7. The number of aromatic amines is 1. The van der Waals surface area contributed by atoms with E-state index < -0.39 is 0 Å². The molecule has 0 aliphatic rings. The lowest BCUT2D eigenvalue weighted by Crippen LogP contribution is -1.96. The van der Waals surface area contributed by atoms with E-state index in [1.165, 1.54) is 0 Å². The molecular weight excluding hydrogens is 285 g/mol. The van der Waals surface area contributed by atoms with Crippen molar-refractivity contribution in [2.75, 3.05) is 0 Å². The SMILES string of the molecule is Clc1cc2[nH]c(COc3ccccc3)nc2nc1Cl. The molecule has 0 spiro atoms. The standard InChI is InChI=1S/C13H9Cl2N3O/c14-9-6-10-13(18-12(9)15)17-11(16-10)7-19-8-4-2-1-3-5-8/h1-6H,7H2,(H,16,17,18). The van der Waals surface area contributed by atoms with Crippen molar-refractivity contribution in [3.05, 3.63) is 52.4 Å². The van der Waals surface area contributed by atoms with Gasteiger partial charge in [-0.05, 0) is 18.2 Å². The summed E-state index contributed by atoms with van der Waals surface area (Å²) in [6, 6.07) is 11.2. The molecule has 0 saturated heterocycles. The van der Waals surface area contributed by atoms with Crippen LogP contribution in [0.2, 0.25) is 10.2 Å². The first-order chi connectivity index (χ1) is 9.22. The third-order valence-electron chi connectivity index (χ3n) is 2.55. The Morgan fingerprint density at radius 1 is 1.11 bits per heavy atom. The van der Waals surface area contributed by atoms with E-state index in [9.17, 15) is 0 Å². The molecule has 0 atom stereocenters. The molecule has 6 heteroatoms. The predicted octanol–water partition coefficient (Wildman–Crippen LogP) is 3.84. The zero-order valence-electron chi connectivity index (χ0n) is 9.73. The Morgan fingerprint density at radius 2 is 1.89 bits per heavy atom. The van der Waals surface area contributed by atoms with E-state index in [1.807, 2.05) is 30.3 Å². The molecule has 0 aliphatic carbocycles. The molecule has 0 radical (unpaired) electrons. The summed E-state index contributed by atoms with van der Waals surface area (Å²) < 4.78 is 5.59. The van der Waals surface area contributed by atoms with Crippen LogP contribution in [0.15, 0.2) is 36.4 Å². The number of imidazole rings is 1. The monoisotopic (exact) mass is 293 g/mol. The zero-order chi connectivity index (χ0) is 13.2. The lowest BCUT2D eigenvalue weighted by atomic mass is 10.3. The van der Waals surface area contributed by atoms with Crippen molar-refractivity contribution >= 4 is 34.4 Å². The number of benzene rings is 1. The highest BCUT2D eigenvalue weighted by Crippen LogP contribution is 2.23. The Balaban J connectivity index is 1.82. The fraction of sp³-hybridized carbons (Fsp3) is 0.0769. The van der Waals surface area contributed by atoms with Gasteiger partial charge in [-0.1, -0.05) is 41.4 Å². The average Bonchev–Trinajstić information content (AvgIpc) is 2.80. The van der Waals surface area contributed by atoms with Crippen molar-refractivity contribution in [1.29, 1.82) is 0 Å². The number of aromatic nitrogens is 3. The Hall–Kier alpha value is -1.78. The number of nitrogens with one attached hydrogen (secondary N) is 1. The van der Waals surface area contributed by atoms with E-state index in [0.717, 1.165) is 11.3 Å². The predicted molar refractivity (Wildman–Crippen MR) is 74.7 cm³/mol. The van der Waals surface area contributed by atoms with Gasteiger partial charge in [0.1, 0.15) is 23.3 Å². The maximum Gasteiger partial charge on any atom is 0.179 e. The van der Waals surface area contributed by atoms with Crippen LogP contribution in [0.3, 0.4) is 0 Å². The van der Waals surface area contributed by atoms with Crippen molar-refractivity contribution < 1.29 is 4.74 Å². The van der Waals surface area contributed by atoms with Gasteiger partial charge in [0.15, 0.2) is 5.65 Å². The summed E-state index contributed by atoms with van der Waals surface area (Å²) in [4.78, 5) is 11.5. The van der Waals surface area contributed by atoms with Gasteiger partial charge in [-0.15, -0.1) is 0 Å². The van der Waals surface area contributed by atoms with Crippen LogP contribution in [0, 0.1) is 0 Å². The molecular formula is C13H9Cl2N3O. The quantitative estimate of drug-likeness (QED) is 0.747. The fourth-order valence-electron chi connectivity index (χ4n) is 1.68. The summed E-state index contributed by atoms with van der Waals surface area (Å²) in [7, 11) is 0. The molecule has 96 valence electrons. The first-order valence-corrected chi connectivity index (χ1v) is 6.36. The van der Waals surface area contributed by atoms with Gasteiger partial charge < -0.3 is 9.72 Å². The molecule has 2 heterocycles. The minimum atomic E-state index is 0.246. The van der Waals surface area contributed by atoms with Crippen molar-refractivity contribution in [3.63, 3.8) is 0 Å². The Kier molecular flexibility index (Phi) is 3.27. The van der Waals surface area contributed by atoms with E-state index in [4.69, 9.17) is 27.9 Å². The van der Waals surface area contributed by atoms with Crippen molar-refractivity contribution in [1.82, 2.24) is 15.0 Å². The number of pyridine rings is 1. The van der Waals surface area contributed by atoms with Gasteiger partial charge in [0.2, 0.25) is 0 Å². The van der Waals surface area contributed by atoms with Crippen molar-refractivity contribution in [3.8, 4) is 5.75 Å². The van der Waals surface area contributed by atoms with Crippen LogP contribution in [0.5, 0.6) is 5.75 Å². The molecule has 19 heavy (non-hydrogen) atoms. The molecule has 4 nitrogen and oxygen atoms in total. The second-order valence-electron chi connectivity index (χ2n) is 3.92. The molecule has 0 fully saturated rings. The minimum Gasteiger partial charge on any atom is -0.486 e. The van der Waals surface area contributed by atoms with Crippen LogP contribution in [-0.4, -0.2) is 15.0 Å². The minimum absolute atomic E-state index is 0.246. The maximum absolute atomic E-state index is 5.90. The molecule has 3 aromatic rings. The van der Waals surface area contributed by atoms with Crippen LogP contribution in [-0.2, 0) is 6.61 Å². The Morgan fingerprint density at radius 3 is 2.68 bits per heavy atom. The van der Waals surface area contributed by atoms with Crippen LogP contribution in [0.25, 0.3) is 11.2 Å². The first-order valence-electron chi connectivity index (χ1n) is 5.61. The summed E-state index contributed by atoms with van der Waals surface area (Å²) in [6.07, 6.45) is 0. The molecule has 0 saturated carbocycles. The van der Waals surface area contributed by atoms with Crippen LogP contribution in [0.1, 0.15) is 5.82 Å². The first kappa shape index (κ1) is 12.3. The van der Waals surface area contributed by atoms with Gasteiger partial charge in [-0.2, -0.15) is 0 Å². The third kappa shape index (κ3) is 2.64. The maximum atomic E-state index is 5.90. The van der Waals surface area contributed by atoms with Gasteiger partial charge in [-0.3, -0.25) is 0 Å². The highest BCUT2D eigenvalue weighted by molar-refractivity contribution is 6.41. The third-order valence-corrected chi connectivity index (χ3v) is 3.22. The van der Waals surface area contributed by atoms with Crippen molar-refractivity contribution in [2.45, 2.75) is 6.61 Å². The molecule has 0 unspecified atom stereocenters. The summed E-state index contributed by atoms with van der Waals surface area (Å²) in [5.41, 5.74) is 1.27. The molecule has 0 aliphatic heterocycles. The molecule has 0 amide bonds. The molecule has 3 rings (SSSR count). The summed E-state index contributed by atoms with van der Waals surface area (Å²) in [5.74, 6) is 1.46. The van der Waals surface area contributed by atoms with Gasteiger partial charge in [0.05, 0.1) is 10.5 Å². The van der Waals surface area contributed by atoms with E-state index >= 15 is 0 Å². The number of ether oxygens (including phenoxy) is 1. The van der Waals surface area contributed by atoms with Gasteiger partial charge in [0, 0.05) is 0 Å². The largest absolute Gasteiger partial charge is 0.486 e. The number of hydrogen-bond acceptors (Lipinski definition) is 3. The highest BCUT2D eigenvalue weighted by Gasteiger charge is 2.08. The van der Waals surface area contributed by atoms with E-state index in [-0.39, 0.29) is 5.15 Å². The molecule has 2 aromatic heterocycles. The molecule has 0 bridgehead atoms. The zero-order valence-corrected chi connectivity index (χ0v) is 11.2. The van der Waals surface area contributed by atoms with Gasteiger partial charge in [-0.25, -0.2) is 9.97 Å². The highest BCUT2D eigenvalue weighted by atomic mass is 35.5. The number of halogens is 2. The number of hydrogen-bond donors (Lipinski definition) is 1. The lowest BCUT2D eigenvalue weighted by molar-refractivity contribution is 0.297. The molecule has 1 aromatic carbocycles. The Bertz CT molecular complexity index is 673. The fourth-order valence-corrected chi connectivity index (χ4v) is 1.97. The summed E-state index contributed by atoms with van der Waals surface area (Å²) in [5, 5.41) is 0.643. The average molecular weight is 294 g/mol. The summed E-state index contributed by atoms with van der Waals surface area (Å²) in [6.45, 7) is 0.329. The van der Waals surface area contributed by atoms with Gasteiger partial charge in [0.25, 0.3) is 0 Å². The number of H-pyrrole nitrogens is 1.